The summed E-state index contributed by atoms with van der Waals surface area (Å²) in [5.41, 5.74) is 0. The summed E-state index contributed by atoms with van der Waals surface area (Å²) in [7, 11) is -4.98. The first kappa shape index (κ1) is 25.8. The van der Waals surface area contributed by atoms with E-state index < -0.39 is 33.2 Å². The van der Waals surface area contributed by atoms with Crippen LogP contribution >= 0.6 is 0 Å². The van der Waals surface area contributed by atoms with Gasteiger partial charge in [0.05, 0.1) is 6.26 Å². The van der Waals surface area contributed by atoms with Crippen LogP contribution in [0.5, 0.6) is 0 Å². The summed E-state index contributed by atoms with van der Waals surface area (Å²) in [5, 5.41) is 10.9. The third-order valence-electron chi connectivity index (χ3n) is 3.54. The first-order valence-corrected chi connectivity index (χ1v) is 9.14. The fourth-order valence-corrected chi connectivity index (χ4v) is 3.21. The fraction of sp³-hybridized carbons (Fsp3) is 0.733. The molecule has 0 bridgehead atoms. The molecular weight excluding hydrogens is 347 g/mol. The minimum Gasteiger partial charge on any atom is -0.550 e. The van der Waals surface area contributed by atoms with Crippen molar-refractivity contribution in [2.45, 2.75) is 70.0 Å². The Morgan fingerprint density at radius 2 is 1.71 bits per heavy atom. The molecule has 0 aliphatic heterocycles. The van der Waals surface area contributed by atoms with Crippen molar-refractivity contribution in [2.75, 3.05) is 0 Å². The molecule has 0 amide bonds. The standard InChI is InChI=1S/C15H26O7S.Na/c1-3-5-6-7-8-9-10-15(12-13(16)17,23(19,20)21)14(18)22-11-4-2;/h4,11H,3,5-10,12H2,1-2H3,(H,16,17)(H,19,20,21);/q;+1/p-1. The van der Waals surface area contributed by atoms with E-state index in [0.717, 1.165) is 31.9 Å². The Bertz CT molecular complexity index is 516. The molecule has 1 unspecified atom stereocenters. The van der Waals surface area contributed by atoms with Crippen molar-refractivity contribution in [3.05, 3.63) is 12.3 Å². The van der Waals surface area contributed by atoms with Gasteiger partial charge in [0.15, 0.2) is 4.75 Å². The number of carboxylic acid groups (broad SMARTS) is 1. The number of hydrogen-bond acceptors (Lipinski definition) is 6. The van der Waals surface area contributed by atoms with Gasteiger partial charge in [-0.1, -0.05) is 51.5 Å². The number of unbranched alkanes of at least 4 members (excludes halogenated alkanes) is 5. The predicted molar refractivity (Wildman–Crippen MR) is 82.8 cm³/mol. The number of carboxylic acids is 1. The number of hydrogen-bond donors (Lipinski definition) is 1. The average Bonchev–Trinajstić information content (AvgIpc) is 2.45. The summed E-state index contributed by atoms with van der Waals surface area (Å²) in [6.07, 6.45) is 5.63. The zero-order valence-corrected chi connectivity index (χ0v) is 17.4. The van der Waals surface area contributed by atoms with Crippen LogP contribution in [0.15, 0.2) is 12.3 Å². The predicted octanol–water partition coefficient (Wildman–Crippen LogP) is -1.42. The van der Waals surface area contributed by atoms with Crippen molar-refractivity contribution in [1.29, 1.82) is 0 Å². The Labute approximate surface area is 165 Å². The molecule has 1 N–H and O–H groups in total. The van der Waals surface area contributed by atoms with Gasteiger partial charge in [0.25, 0.3) is 10.1 Å². The molecule has 0 heterocycles. The van der Waals surface area contributed by atoms with Gasteiger partial charge in [-0.05, 0) is 13.3 Å². The summed E-state index contributed by atoms with van der Waals surface area (Å²) in [4.78, 5) is 23.0. The molecule has 0 aliphatic rings. The minimum absolute atomic E-state index is 0. The molecule has 7 nitrogen and oxygen atoms in total. The molecular formula is C15H25NaO7S. The van der Waals surface area contributed by atoms with Gasteiger partial charge in [-0.15, -0.1) is 0 Å². The Hall–Kier alpha value is -0.410. The van der Waals surface area contributed by atoms with Crippen LogP contribution in [0.2, 0.25) is 0 Å². The van der Waals surface area contributed by atoms with Crippen molar-refractivity contribution >= 4 is 22.1 Å². The molecule has 0 saturated carbocycles. The number of ether oxygens (including phenoxy) is 1. The maximum absolute atomic E-state index is 12.1. The number of allylic oxidation sites excluding steroid dienone is 1. The van der Waals surface area contributed by atoms with Crippen LogP contribution in [0.4, 0.5) is 0 Å². The fourth-order valence-electron chi connectivity index (χ4n) is 2.25. The van der Waals surface area contributed by atoms with E-state index >= 15 is 0 Å². The third-order valence-corrected chi connectivity index (χ3v) is 5.04. The van der Waals surface area contributed by atoms with Crippen LogP contribution in [0.25, 0.3) is 0 Å². The summed E-state index contributed by atoms with van der Waals surface area (Å²) >= 11 is 0. The molecule has 0 aromatic rings. The van der Waals surface area contributed by atoms with Crippen molar-refractivity contribution in [3.63, 3.8) is 0 Å². The molecule has 0 rings (SSSR count). The molecule has 0 spiro atoms. The average molecular weight is 372 g/mol. The molecule has 0 saturated heterocycles. The van der Waals surface area contributed by atoms with Crippen molar-refractivity contribution < 1.29 is 62.0 Å². The van der Waals surface area contributed by atoms with E-state index in [1.54, 1.807) is 0 Å². The van der Waals surface area contributed by atoms with E-state index in [2.05, 4.69) is 11.7 Å². The van der Waals surface area contributed by atoms with Crippen LogP contribution in [0.1, 0.15) is 65.2 Å². The molecule has 9 heteroatoms. The summed E-state index contributed by atoms with van der Waals surface area (Å²) in [5.74, 6) is -3.05. The van der Waals surface area contributed by atoms with E-state index in [1.807, 2.05) is 0 Å². The molecule has 0 aromatic carbocycles. The SMILES string of the molecule is CC=COC(=O)C(CCCCCCCC)(CC(=O)[O-])S(=O)(=O)O.[Na+]. The maximum Gasteiger partial charge on any atom is 1.00 e. The monoisotopic (exact) mass is 372 g/mol. The van der Waals surface area contributed by atoms with Crippen molar-refractivity contribution in [3.8, 4) is 0 Å². The van der Waals surface area contributed by atoms with Gasteiger partial charge in [-0.25, -0.2) is 4.79 Å². The van der Waals surface area contributed by atoms with Gasteiger partial charge in [0, 0.05) is 12.4 Å². The second kappa shape index (κ2) is 12.9. The number of aliphatic carboxylic acids is 1. The summed E-state index contributed by atoms with van der Waals surface area (Å²) < 4.78 is 34.9. The van der Waals surface area contributed by atoms with Crippen LogP contribution in [0, 0.1) is 0 Å². The second-order valence-corrected chi connectivity index (χ2v) is 7.14. The third kappa shape index (κ3) is 8.62. The van der Waals surface area contributed by atoms with Crippen LogP contribution in [-0.2, 0) is 24.4 Å². The zero-order chi connectivity index (χ0) is 17.9. The van der Waals surface area contributed by atoms with E-state index in [9.17, 15) is 27.7 Å². The first-order chi connectivity index (χ1) is 10.7. The van der Waals surface area contributed by atoms with E-state index in [1.165, 1.54) is 13.0 Å². The molecule has 134 valence electrons. The van der Waals surface area contributed by atoms with Gasteiger partial charge in [0.1, 0.15) is 0 Å². The topological polar surface area (TPSA) is 121 Å². The van der Waals surface area contributed by atoms with Crippen LogP contribution in [0.3, 0.4) is 0 Å². The Kier molecular flexibility index (Phi) is 13.9. The van der Waals surface area contributed by atoms with E-state index in [-0.39, 0.29) is 42.4 Å². The largest absolute Gasteiger partial charge is 1.00 e. The smallest absolute Gasteiger partial charge is 0.550 e. The van der Waals surface area contributed by atoms with Crippen LogP contribution in [-0.4, -0.2) is 29.7 Å². The van der Waals surface area contributed by atoms with E-state index in [0.29, 0.717) is 6.42 Å². The van der Waals surface area contributed by atoms with Gasteiger partial charge in [0.2, 0.25) is 0 Å². The number of carbonyl (C=O) groups excluding carboxylic acids is 2. The van der Waals surface area contributed by atoms with E-state index in [4.69, 9.17) is 0 Å². The molecule has 0 radical (unpaired) electrons. The summed E-state index contributed by atoms with van der Waals surface area (Å²) in [6.45, 7) is 3.59. The van der Waals surface area contributed by atoms with Crippen molar-refractivity contribution in [1.82, 2.24) is 0 Å². The van der Waals surface area contributed by atoms with Gasteiger partial charge >= 0.3 is 35.5 Å². The second-order valence-electron chi connectivity index (χ2n) is 5.41. The van der Waals surface area contributed by atoms with Crippen molar-refractivity contribution in [2.24, 2.45) is 0 Å². The summed E-state index contributed by atoms with van der Waals surface area (Å²) in [6, 6.07) is 0. The Balaban J connectivity index is 0. The zero-order valence-electron chi connectivity index (χ0n) is 14.6. The molecule has 0 aliphatic carbocycles. The molecule has 0 aromatic heterocycles. The Morgan fingerprint density at radius 3 is 2.17 bits per heavy atom. The quantitative estimate of drug-likeness (QED) is 0.147. The van der Waals surface area contributed by atoms with Crippen LogP contribution < -0.4 is 34.7 Å². The molecule has 24 heavy (non-hydrogen) atoms. The molecule has 1 atom stereocenters. The maximum atomic E-state index is 12.1. The normalized spacial score (nSPS) is 14.0. The minimum atomic E-state index is -4.98. The first-order valence-electron chi connectivity index (χ1n) is 7.70. The number of rotatable bonds is 12. The number of esters is 1. The number of carbonyl (C=O) groups is 2. The van der Waals surface area contributed by atoms with Gasteiger partial charge in [-0.3, -0.25) is 4.55 Å². The van der Waals surface area contributed by atoms with Gasteiger partial charge in [-0.2, -0.15) is 8.42 Å². The Morgan fingerprint density at radius 1 is 1.17 bits per heavy atom. The van der Waals surface area contributed by atoms with Gasteiger partial charge < -0.3 is 14.6 Å². The molecule has 0 fully saturated rings.